The Morgan fingerprint density at radius 2 is 1.34 bits per heavy atom. The van der Waals surface area contributed by atoms with Gasteiger partial charge in [0, 0.05) is 43.0 Å². The summed E-state index contributed by atoms with van der Waals surface area (Å²) in [6.07, 6.45) is -8.81. The molecule has 0 spiro atoms. The van der Waals surface area contributed by atoms with Crippen LogP contribution >= 0.6 is 0 Å². The van der Waals surface area contributed by atoms with Crippen molar-refractivity contribution >= 4 is 11.8 Å². The number of nitrogens with zero attached hydrogens (tertiary/aromatic N) is 4. The number of halogens is 3. The van der Waals surface area contributed by atoms with Gasteiger partial charge in [-0.3, -0.25) is 28.3 Å². The van der Waals surface area contributed by atoms with E-state index < -0.39 is 97.2 Å². The largest absolute Gasteiger partial charge is 0.471 e. The Morgan fingerprint density at radius 1 is 0.797 bits per heavy atom. The highest BCUT2D eigenvalue weighted by atomic mass is 19.4. The van der Waals surface area contributed by atoms with Gasteiger partial charge in [0.2, 0.25) is 5.91 Å². The van der Waals surface area contributed by atoms with Crippen LogP contribution in [0.2, 0.25) is 0 Å². The third-order valence-electron chi connectivity index (χ3n) is 11.0. The predicted octanol–water partition coefficient (Wildman–Crippen LogP) is 2.14. The predicted molar refractivity (Wildman–Crippen MR) is 221 cm³/mol. The Morgan fingerprint density at radius 3 is 1.89 bits per heavy atom. The monoisotopic (exact) mass is 900 g/mol. The number of aromatic nitrogens is 4. The minimum absolute atomic E-state index is 0.0692. The maximum Gasteiger partial charge on any atom is 0.471 e. The van der Waals surface area contributed by atoms with E-state index in [0.717, 1.165) is 24.8 Å². The number of hydrogen-bond donors (Lipinski definition) is 3. The van der Waals surface area contributed by atoms with E-state index in [1.54, 1.807) is 36.5 Å². The van der Waals surface area contributed by atoms with E-state index in [0.29, 0.717) is 6.42 Å². The third kappa shape index (κ3) is 11.5. The molecule has 21 heteroatoms. The van der Waals surface area contributed by atoms with Crippen molar-refractivity contribution in [3.05, 3.63) is 137 Å². The van der Waals surface area contributed by atoms with E-state index in [9.17, 15) is 47.0 Å². The molecule has 0 radical (unpaired) electrons. The molecule has 2 aliphatic rings. The van der Waals surface area contributed by atoms with E-state index in [2.05, 4.69) is 5.32 Å². The number of carbonyl (C=O) groups excluding carboxylic acids is 2. The summed E-state index contributed by atoms with van der Waals surface area (Å²) < 4.78 is 72.0. The molecule has 2 amide bonds. The summed E-state index contributed by atoms with van der Waals surface area (Å²) in [6, 6.07) is 18.3. The second-order valence-electron chi connectivity index (χ2n) is 15.6. The molecule has 0 bridgehead atoms. The van der Waals surface area contributed by atoms with Crippen LogP contribution in [0.3, 0.4) is 0 Å². The van der Waals surface area contributed by atoms with Gasteiger partial charge in [-0.25, -0.2) is 18.7 Å². The lowest BCUT2D eigenvalue weighted by atomic mass is 9.95. The third-order valence-corrected chi connectivity index (χ3v) is 11.0. The van der Waals surface area contributed by atoms with Crippen LogP contribution in [-0.4, -0.2) is 85.5 Å². The van der Waals surface area contributed by atoms with Gasteiger partial charge in [-0.1, -0.05) is 67.6 Å². The lowest BCUT2D eigenvalue weighted by Crippen LogP contribution is -2.46. The number of alkyl halides is 3. The summed E-state index contributed by atoms with van der Waals surface area (Å²) in [4.78, 5) is 78.3. The zero-order valence-electron chi connectivity index (χ0n) is 35.4. The molecule has 4 aromatic rings. The highest BCUT2D eigenvalue weighted by molar-refractivity contribution is 5.81. The SMILES string of the molecule is CC[C@H]1O[C@@H](n2cc(C)c(=O)n(COCc3ccccc3)c2=O)C[C@@H]1CC(=O)NC[C@H]1O[C@@H](n2cc(C)c(=O)n(COCc3ccccc3)c2=O)[C@H](OCCNC(=O)C(F)(F)F)[C@@H]1O. The Kier molecular flexibility index (Phi) is 15.9. The summed E-state index contributed by atoms with van der Waals surface area (Å²) in [5.74, 6) is -3.06. The Balaban J connectivity index is 1.13. The maximum absolute atomic E-state index is 13.8. The van der Waals surface area contributed by atoms with Crippen molar-refractivity contribution in [2.45, 2.75) is 110 Å². The summed E-state index contributed by atoms with van der Waals surface area (Å²) in [6.45, 7) is 2.91. The first-order valence-electron chi connectivity index (χ1n) is 20.7. The smallest absolute Gasteiger partial charge is 0.387 e. The van der Waals surface area contributed by atoms with Gasteiger partial charge in [0.1, 0.15) is 38.0 Å². The zero-order valence-corrected chi connectivity index (χ0v) is 35.4. The van der Waals surface area contributed by atoms with Crippen LogP contribution in [0.1, 0.15) is 60.9 Å². The Bertz CT molecular complexity index is 2480. The van der Waals surface area contributed by atoms with Crippen LogP contribution in [0.15, 0.2) is 92.2 Å². The van der Waals surface area contributed by atoms with Crippen LogP contribution in [0, 0.1) is 19.8 Å². The molecule has 2 aliphatic heterocycles. The lowest BCUT2D eigenvalue weighted by molar-refractivity contribution is -0.174. The maximum atomic E-state index is 13.8. The fourth-order valence-corrected chi connectivity index (χ4v) is 7.67. The van der Waals surface area contributed by atoms with Crippen LogP contribution in [-0.2, 0) is 59.9 Å². The number of benzene rings is 2. The molecule has 0 saturated carbocycles. The van der Waals surface area contributed by atoms with Crippen LogP contribution in [0.25, 0.3) is 0 Å². The fourth-order valence-electron chi connectivity index (χ4n) is 7.67. The zero-order chi connectivity index (χ0) is 46.1. The number of aliphatic hydroxyl groups is 1. The van der Waals surface area contributed by atoms with E-state index in [1.165, 1.54) is 23.9 Å². The minimum Gasteiger partial charge on any atom is -0.387 e. The molecule has 6 rings (SSSR count). The summed E-state index contributed by atoms with van der Waals surface area (Å²) >= 11 is 0. The minimum atomic E-state index is -5.15. The number of amides is 2. The van der Waals surface area contributed by atoms with Gasteiger partial charge >= 0.3 is 23.5 Å². The van der Waals surface area contributed by atoms with Crippen molar-refractivity contribution in [3.63, 3.8) is 0 Å². The van der Waals surface area contributed by atoms with Crippen molar-refractivity contribution in [2.75, 3.05) is 19.7 Å². The van der Waals surface area contributed by atoms with Gasteiger partial charge in [0.15, 0.2) is 6.23 Å². The molecule has 64 heavy (non-hydrogen) atoms. The van der Waals surface area contributed by atoms with Gasteiger partial charge in [-0.15, -0.1) is 0 Å². The number of hydrogen-bond acceptors (Lipinski definition) is 12. The van der Waals surface area contributed by atoms with Crippen LogP contribution in [0.4, 0.5) is 13.2 Å². The number of aliphatic hydroxyl groups excluding tert-OH is 1. The lowest BCUT2D eigenvalue weighted by Gasteiger charge is -2.23. The molecule has 7 atom stereocenters. The van der Waals surface area contributed by atoms with E-state index in [-0.39, 0.29) is 56.4 Å². The molecule has 0 unspecified atom stereocenters. The van der Waals surface area contributed by atoms with Gasteiger partial charge < -0.3 is 39.4 Å². The highest BCUT2D eigenvalue weighted by Crippen LogP contribution is 2.37. The van der Waals surface area contributed by atoms with Gasteiger partial charge in [-0.05, 0) is 43.7 Å². The number of rotatable bonds is 19. The van der Waals surface area contributed by atoms with E-state index >= 15 is 0 Å². The molecule has 2 saturated heterocycles. The van der Waals surface area contributed by atoms with Gasteiger partial charge in [-0.2, -0.15) is 13.2 Å². The number of carbonyl (C=O) groups is 2. The Hall–Kier alpha value is -5.71. The van der Waals surface area contributed by atoms with Crippen LogP contribution in [0.5, 0.6) is 0 Å². The van der Waals surface area contributed by atoms with Gasteiger partial charge in [0.25, 0.3) is 11.1 Å². The first kappa shape index (κ1) is 47.8. The van der Waals surface area contributed by atoms with E-state index in [4.69, 9.17) is 23.7 Å². The average Bonchev–Trinajstić information content (AvgIpc) is 3.82. The summed E-state index contributed by atoms with van der Waals surface area (Å²) in [7, 11) is 0. The quantitative estimate of drug-likeness (QED) is 0.116. The molecule has 3 N–H and O–H groups in total. The fraction of sp³-hybridized carbons (Fsp3) is 0.488. The van der Waals surface area contributed by atoms with Crippen molar-refractivity contribution < 1.29 is 51.6 Å². The molecule has 0 aliphatic carbocycles. The molecule has 2 fully saturated rings. The summed E-state index contributed by atoms with van der Waals surface area (Å²) in [5, 5.41) is 15.8. The van der Waals surface area contributed by atoms with Crippen LogP contribution < -0.4 is 33.1 Å². The standard InChI is InChI=1S/C43H51F3N6O12/c1-4-31-30(18-34(63-31)49-20-26(2)37(55)51(41(49)58)24-60-22-28-11-7-5-8-12-28)17-33(53)48-19-32-35(54)36(62-16-15-47-40(57)43(44,45)46)39(64-32)50-21-27(3)38(56)52(42(50)59)25-61-23-29-13-9-6-10-14-29/h5-14,20-21,30-32,34-36,39,54H,4,15-19,22-25H2,1-3H3,(H,47,57)(H,48,53)/t30-,31+,32+,34+,35+,36+,39+/m0/s1. The molecule has 4 heterocycles. The topological polar surface area (TPSA) is 213 Å². The second kappa shape index (κ2) is 21.3. The average molecular weight is 901 g/mol. The number of ether oxygens (including phenoxy) is 5. The second-order valence-corrected chi connectivity index (χ2v) is 15.6. The van der Waals surface area contributed by atoms with Crippen molar-refractivity contribution in [1.29, 1.82) is 0 Å². The van der Waals surface area contributed by atoms with E-state index in [1.807, 2.05) is 43.3 Å². The normalized spacial score (nSPS) is 22.1. The number of nitrogens with one attached hydrogen (secondary N) is 2. The Labute approximate surface area is 364 Å². The molecular weight excluding hydrogens is 849 g/mol. The first-order chi connectivity index (χ1) is 30.6. The first-order valence-corrected chi connectivity index (χ1v) is 20.7. The molecule has 2 aromatic carbocycles. The van der Waals surface area contributed by atoms with Crippen molar-refractivity contribution in [3.8, 4) is 0 Å². The summed E-state index contributed by atoms with van der Waals surface area (Å²) in [5.41, 5.74) is -0.706. The van der Waals surface area contributed by atoms with Crippen molar-refractivity contribution in [1.82, 2.24) is 28.9 Å². The van der Waals surface area contributed by atoms with Gasteiger partial charge in [0.05, 0.1) is 25.9 Å². The van der Waals surface area contributed by atoms with Crippen molar-refractivity contribution in [2.24, 2.45) is 5.92 Å². The molecule has 346 valence electrons. The number of aryl methyl sites for hydroxylation is 2. The molecule has 2 aromatic heterocycles. The molecular formula is C43H51F3N6O12. The molecule has 18 nitrogen and oxygen atoms in total. The highest BCUT2D eigenvalue weighted by Gasteiger charge is 2.47.